The molecule has 3 N–H and O–H groups in total. The van der Waals surface area contributed by atoms with E-state index in [1.54, 1.807) is 0 Å². The Hall–Kier alpha value is -2.22. The fraction of sp³-hybridized carbons (Fsp3) is 0.429. The van der Waals surface area contributed by atoms with E-state index >= 15 is 0 Å². The van der Waals surface area contributed by atoms with Gasteiger partial charge in [-0.15, -0.1) is 0 Å². The summed E-state index contributed by atoms with van der Waals surface area (Å²) in [6.07, 6.45) is 0.298. The Kier molecular flexibility index (Phi) is 4.60. The number of hydrogen-bond acceptors (Lipinski definition) is 4. The van der Waals surface area contributed by atoms with Crippen LogP contribution in [-0.4, -0.2) is 49.5 Å². The lowest BCUT2D eigenvalue weighted by atomic mass is 10.1. The number of likely N-dealkylation sites (tertiary alicyclic amines) is 1. The summed E-state index contributed by atoms with van der Waals surface area (Å²) in [5.74, 6) is -3.54. The predicted octanol–water partition coefficient (Wildman–Crippen LogP) is 0.261. The minimum absolute atomic E-state index is 0.145. The second-order valence-electron chi connectivity index (χ2n) is 5.06. The van der Waals surface area contributed by atoms with Crippen LogP contribution in [-0.2, 0) is 4.79 Å². The van der Waals surface area contributed by atoms with Gasteiger partial charge in [0.1, 0.15) is 6.04 Å². The number of nitrogens with two attached hydrogens (primary N) is 1. The van der Waals surface area contributed by atoms with Gasteiger partial charge >= 0.3 is 0 Å². The maximum absolute atomic E-state index is 13.7. The molecule has 22 heavy (non-hydrogen) atoms. The highest BCUT2D eigenvalue weighted by Crippen LogP contribution is 2.25. The zero-order chi connectivity index (χ0) is 16.4. The lowest BCUT2D eigenvalue weighted by molar-refractivity contribution is -0.124. The van der Waals surface area contributed by atoms with Gasteiger partial charge in [-0.05, 0) is 18.6 Å². The van der Waals surface area contributed by atoms with Crippen LogP contribution in [0.15, 0.2) is 12.1 Å². The van der Waals surface area contributed by atoms with Crippen LogP contribution in [0.4, 0.5) is 8.78 Å². The smallest absolute Gasteiger partial charge is 0.254 e. The molecule has 1 heterocycles. The molecule has 2 atom stereocenters. The van der Waals surface area contributed by atoms with Crippen molar-refractivity contribution in [2.24, 2.45) is 5.73 Å². The van der Waals surface area contributed by atoms with Gasteiger partial charge in [-0.3, -0.25) is 9.59 Å². The molecule has 0 radical (unpaired) electrons. The van der Waals surface area contributed by atoms with Crippen molar-refractivity contribution in [1.82, 2.24) is 10.2 Å². The highest BCUT2D eigenvalue weighted by molar-refractivity contribution is 5.98. The second-order valence-corrected chi connectivity index (χ2v) is 5.06. The van der Waals surface area contributed by atoms with Crippen LogP contribution in [0.25, 0.3) is 0 Å². The van der Waals surface area contributed by atoms with E-state index in [-0.39, 0.29) is 24.1 Å². The van der Waals surface area contributed by atoms with Crippen LogP contribution in [0.1, 0.15) is 16.8 Å². The topological polar surface area (TPSA) is 84.7 Å². The largest absolute Gasteiger partial charge is 0.491 e. The SMILES string of the molecule is CNC(=O)[C@@H]1C[C@H](N)CN1C(=O)c1cc(F)c(OC)c(F)c1. The average Bonchev–Trinajstić information content (AvgIpc) is 2.87. The van der Waals surface area contributed by atoms with Crippen molar-refractivity contribution in [3.63, 3.8) is 0 Å². The molecule has 0 unspecified atom stereocenters. The summed E-state index contributed by atoms with van der Waals surface area (Å²) in [5, 5.41) is 2.45. The molecule has 2 rings (SSSR count). The van der Waals surface area contributed by atoms with Crippen LogP contribution in [0.3, 0.4) is 0 Å². The maximum atomic E-state index is 13.7. The van der Waals surface area contributed by atoms with Crippen LogP contribution in [0, 0.1) is 11.6 Å². The summed E-state index contributed by atoms with van der Waals surface area (Å²) in [6, 6.07) is 0.657. The molecule has 0 saturated carbocycles. The lowest BCUT2D eigenvalue weighted by Gasteiger charge is -2.23. The number of likely N-dealkylation sites (N-methyl/N-ethyl adjacent to an activating group) is 1. The fourth-order valence-corrected chi connectivity index (χ4v) is 2.55. The number of carbonyl (C=O) groups excluding carboxylic acids is 2. The average molecular weight is 313 g/mol. The molecule has 8 heteroatoms. The van der Waals surface area contributed by atoms with Gasteiger partial charge in [0.15, 0.2) is 17.4 Å². The van der Waals surface area contributed by atoms with Gasteiger partial charge in [-0.2, -0.15) is 0 Å². The number of nitrogens with one attached hydrogen (secondary N) is 1. The van der Waals surface area contributed by atoms with E-state index in [2.05, 4.69) is 10.1 Å². The van der Waals surface area contributed by atoms with Crippen molar-refractivity contribution in [1.29, 1.82) is 0 Å². The van der Waals surface area contributed by atoms with Crippen molar-refractivity contribution in [2.75, 3.05) is 20.7 Å². The number of methoxy groups -OCH3 is 1. The van der Waals surface area contributed by atoms with E-state index in [1.807, 2.05) is 0 Å². The monoisotopic (exact) mass is 313 g/mol. The highest BCUT2D eigenvalue weighted by Gasteiger charge is 2.38. The number of nitrogens with zero attached hydrogens (tertiary/aromatic N) is 1. The molecule has 1 aliphatic rings. The summed E-state index contributed by atoms with van der Waals surface area (Å²) in [5.41, 5.74) is 5.59. The third-order valence-corrected chi connectivity index (χ3v) is 3.59. The molecule has 1 fully saturated rings. The third kappa shape index (κ3) is 2.87. The molecule has 1 saturated heterocycles. The zero-order valence-corrected chi connectivity index (χ0v) is 12.2. The molecule has 0 aromatic heterocycles. The Bertz CT molecular complexity index is 586. The van der Waals surface area contributed by atoms with Gasteiger partial charge in [0.2, 0.25) is 5.91 Å². The first-order valence-electron chi connectivity index (χ1n) is 6.70. The molecular formula is C14H17F2N3O3. The van der Waals surface area contributed by atoms with Gasteiger partial charge in [-0.25, -0.2) is 8.78 Å². The number of benzene rings is 1. The first kappa shape index (κ1) is 16.2. The Morgan fingerprint density at radius 2 is 1.95 bits per heavy atom. The van der Waals surface area contributed by atoms with E-state index in [0.717, 1.165) is 19.2 Å². The molecular weight excluding hydrogens is 296 g/mol. The summed E-state index contributed by atoms with van der Waals surface area (Å²) in [6.45, 7) is 0.145. The molecule has 0 aliphatic carbocycles. The number of amides is 2. The van der Waals surface area contributed by atoms with Crippen molar-refractivity contribution < 1.29 is 23.1 Å². The molecule has 1 aliphatic heterocycles. The minimum atomic E-state index is -0.981. The minimum Gasteiger partial charge on any atom is -0.491 e. The first-order chi connectivity index (χ1) is 10.4. The molecule has 120 valence electrons. The van der Waals surface area contributed by atoms with Crippen LogP contribution < -0.4 is 15.8 Å². The summed E-state index contributed by atoms with van der Waals surface area (Å²) in [7, 11) is 2.58. The summed E-state index contributed by atoms with van der Waals surface area (Å²) < 4.78 is 32.0. The van der Waals surface area contributed by atoms with Crippen LogP contribution in [0.2, 0.25) is 0 Å². The molecule has 2 amide bonds. The van der Waals surface area contributed by atoms with Gasteiger partial charge < -0.3 is 20.7 Å². The lowest BCUT2D eigenvalue weighted by Crippen LogP contribution is -2.45. The fourth-order valence-electron chi connectivity index (χ4n) is 2.55. The maximum Gasteiger partial charge on any atom is 0.254 e. The molecule has 1 aromatic rings. The Balaban J connectivity index is 2.33. The van der Waals surface area contributed by atoms with Crippen molar-refractivity contribution in [3.05, 3.63) is 29.3 Å². The van der Waals surface area contributed by atoms with Crippen molar-refractivity contribution >= 4 is 11.8 Å². The number of rotatable bonds is 3. The van der Waals surface area contributed by atoms with Gasteiger partial charge in [-0.1, -0.05) is 0 Å². The third-order valence-electron chi connectivity index (χ3n) is 3.59. The van der Waals surface area contributed by atoms with Crippen LogP contribution >= 0.6 is 0 Å². The van der Waals surface area contributed by atoms with Gasteiger partial charge in [0.05, 0.1) is 7.11 Å². The number of halogens is 2. The van der Waals surface area contributed by atoms with E-state index < -0.39 is 29.3 Å². The highest BCUT2D eigenvalue weighted by atomic mass is 19.1. The van der Waals surface area contributed by atoms with Crippen molar-refractivity contribution in [2.45, 2.75) is 18.5 Å². The normalized spacial score (nSPS) is 20.9. The van der Waals surface area contributed by atoms with Crippen LogP contribution in [0.5, 0.6) is 5.75 Å². The van der Waals surface area contributed by atoms with Gasteiger partial charge in [0.25, 0.3) is 5.91 Å². The molecule has 1 aromatic carbocycles. The standard InChI is InChI=1S/C14H17F2N3O3/c1-18-13(20)11-5-8(17)6-19(11)14(21)7-3-9(15)12(22-2)10(16)4-7/h3-4,8,11H,5-6,17H2,1-2H3,(H,18,20)/t8-,11-/m0/s1. The molecule has 6 nitrogen and oxygen atoms in total. The summed E-state index contributed by atoms with van der Waals surface area (Å²) in [4.78, 5) is 25.5. The quantitative estimate of drug-likeness (QED) is 0.838. The number of carbonyl (C=O) groups is 2. The Morgan fingerprint density at radius 3 is 2.45 bits per heavy atom. The second kappa shape index (κ2) is 6.27. The summed E-state index contributed by atoms with van der Waals surface area (Å²) >= 11 is 0. The number of ether oxygens (including phenoxy) is 1. The Labute approximate surface area is 126 Å². The zero-order valence-electron chi connectivity index (χ0n) is 12.2. The van der Waals surface area contributed by atoms with E-state index in [4.69, 9.17) is 5.73 Å². The Morgan fingerprint density at radius 1 is 1.36 bits per heavy atom. The predicted molar refractivity (Wildman–Crippen MR) is 74.4 cm³/mol. The van der Waals surface area contributed by atoms with Gasteiger partial charge in [0, 0.05) is 25.2 Å². The van der Waals surface area contributed by atoms with E-state index in [9.17, 15) is 18.4 Å². The van der Waals surface area contributed by atoms with E-state index in [1.165, 1.54) is 11.9 Å². The molecule has 0 bridgehead atoms. The molecule has 0 spiro atoms. The first-order valence-corrected chi connectivity index (χ1v) is 6.70. The van der Waals surface area contributed by atoms with Crippen molar-refractivity contribution in [3.8, 4) is 5.75 Å². The van der Waals surface area contributed by atoms with E-state index in [0.29, 0.717) is 6.42 Å². The number of hydrogen-bond donors (Lipinski definition) is 2.